The fourth-order valence-corrected chi connectivity index (χ4v) is 4.19. The van der Waals surface area contributed by atoms with Crippen LogP contribution < -0.4 is 9.64 Å². The average Bonchev–Trinajstić information content (AvgIpc) is 3.42. The zero-order chi connectivity index (χ0) is 21.8. The van der Waals surface area contributed by atoms with Crippen molar-refractivity contribution in [2.75, 3.05) is 32.1 Å². The third-order valence-electron chi connectivity index (χ3n) is 5.97. The molecule has 0 saturated carbocycles. The van der Waals surface area contributed by atoms with Crippen LogP contribution in [0.3, 0.4) is 0 Å². The number of ether oxygens (including phenoxy) is 1. The molecule has 0 radical (unpaired) electrons. The van der Waals surface area contributed by atoms with Crippen molar-refractivity contribution in [2.45, 2.75) is 45.3 Å². The maximum Gasteiger partial charge on any atom is 0.132 e. The number of pyridine rings is 1. The fourth-order valence-electron chi connectivity index (χ4n) is 4.19. The molecule has 3 heterocycles. The largest absolute Gasteiger partial charge is 0.487 e. The van der Waals surface area contributed by atoms with Gasteiger partial charge in [-0.3, -0.25) is 10.00 Å². The molecule has 0 bridgehead atoms. The molecule has 1 aromatic carbocycles. The molecule has 0 spiro atoms. The van der Waals surface area contributed by atoms with E-state index in [1.807, 2.05) is 38.5 Å². The Morgan fingerprint density at radius 1 is 1.19 bits per heavy atom. The van der Waals surface area contributed by atoms with Gasteiger partial charge in [-0.25, -0.2) is 4.98 Å². The molecule has 0 aliphatic carbocycles. The lowest BCUT2D eigenvalue weighted by molar-refractivity contribution is 0.301. The van der Waals surface area contributed by atoms with E-state index >= 15 is 0 Å². The summed E-state index contributed by atoms with van der Waals surface area (Å²) in [5.74, 6) is 2.92. The number of nitrogens with one attached hydrogen (secondary N) is 1. The molecule has 2 aromatic heterocycles. The number of hydrogen-bond acceptors (Lipinski definition) is 5. The SMILES string of the molecule is CC(C)c1ccc(OCc2cc(C3CCN(Cc4cccnc4N(C)C)C3)n[nH]2)cc1. The Bertz CT molecular complexity index is 980. The number of hydrogen-bond donors (Lipinski definition) is 1. The second-order valence-electron chi connectivity index (χ2n) is 8.93. The van der Waals surface area contributed by atoms with E-state index in [1.165, 1.54) is 11.1 Å². The predicted octanol–water partition coefficient (Wildman–Crippen LogP) is 4.56. The lowest BCUT2D eigenvalue weighted by Gasteiger charge is -2.20. The van der Waals surface area contributed by atoms with E-state index < -0.39 is 0 Å². The van der Waals surface area contributed by atoms with Crippen molar-refractivity contribution in [3.8, 4) is 5.75 Å². The predicted molar refractivity (Wildman–Crippen MR) is 125 cm³/mol. The van der Waals surface area contributed by atoms with Crippen LogP contribution in [-0.4, -0.2) is 47.3 Å². The van der Waals surface area contributed by atoms with Gasteiger partial charge in [0.05, 0.1) is 11.4 Å². The first-order valence-electron chi connectivity index (χ1n) is 11.1. The average molecular weight is 420 g/mol. The van der Waals surface area contributed by atoms with E-state index in [-0.39, 0.29) is 0 Å². The van der Waals surface area contributed by atoms with Gasteiger partial charge in [-0.05, 0) is 48.7 Å². The van der Waals surface area contributed by atoms with Gasteiger partial charge in [0.25, 0.3) is 0 Å². The lowest BCUT2D eigenvalue weighted by atomic mass is 10.0. The van der Waals surface area contributed by atoms with Crippen LogP contribution in [0.1, 0.15) is 54.6 Å². The molecule has 6 heteroatoms. The zero-order valence-corrected chi connectivity index (χ0v) is 19.0. The highest BCUT2D eigenvalue weighted by molar-refractivity contribution is 5.45. The third kappa shape index (κ3) is 5.25. The van der Waals surface area contributed by atoms with E-state index in [1.54, 1.807) is 0 Å². The number of nitrogens with zero attached hydrogens (tertiary/aromatic N) is 4. The quantitative estimate of drug-likeness (QED) is 0.580. The van der Waals surface area contributed by atoms with Gasteiger partial charge in [0.2, 0.25) is 0 Å². The number of anilines is 1. The van der Waals surface area contributed by atoms with Crippen molar-refractivity contribution in [3.05, 3.63) is 71.2 Å². The Hall–Kier alpha value is -2.86. The molecule has 1 saturated heterocycles. The van der Waals surface area contributed by atoms with Gasteiger partial charge in [-0.15, -0.1) is 0 Å². The summed E-state index contributed by atoms with van der Waals surface area (Å²) in [6.07, 6.45) is 2.98. The normalized spacial score (nSPS) is 16.7. The summed E-state index contributed by atoms with van der Waals surface area (Å²) in [6, 6.07) is 14.7. The molecule has 6 nitrogen and oxygen atoms in total. The van der Waals surface area contributed by atoms with Crippen LogP contribution in [0.25, 0.3) is 0 Å². The standard InChI is InChI=1S/C25H33N5O/c1-18(2)19-7-9-23(10-8-19)31-17-22-14-24(28-27-22)20-11-13-30(15-20)16-21-6-5-12-26-25(21)29(3)4/h5-10,12,14,18,20H,11,13,15-17H2,1-4H3,(H,27,28). The van der Waals surface area contributed by atoms with E-state index in [0.717, 1.165) is 49.0 Å². The molecule has 4 rings (SSSR count). The summed E-state index contributed by atoms with van der Waals surface area (Å²) >= 11 is 0. The Labute approximate surface area is 185 Å². The molecular weight excluding hydrogens is 386 g/mol. The van der Waals surface area contributed by atoms with Crippen LogP contribution in [-0.2, 0) is 13.2 Å². The van der Waals surface area contributed by atoms with Crippen LogP contribution in [0.2, 0.25) is 0 Å². The van der Waals surface area contributed by atoms with Crippen molar-refractivity contribution >= 4 is 5.82 Å². The first kappa shape index (κ1) is 21.4. The Balaban J connectivity index is 1.31. The second kappa shape index (κ2) is 9.52. The second-order valence-corrected chi connectivity index (χ2v) is 8.93. The van der Waals surface area contributed by atoms with Crippen LogP contribution >= 0.6 is 0 Å². The van der Waals surface area contributed by atoms with Gasteiger partial charge in [0.1, 0.15) is 18.2 Å². The van der Waals surface area contributed by atoms with Crippen LogP contribution in [0.5, 0.6) is 5.75 Å². The van der Waals surface area contributed by atoms with Crippen molar-refractivity contribution in [1.82, 2.24) is 20.1 Å². The van der Waals surface area contributed by atoms with Gasteiger partial charge in [-0.1, -0.05) is 32.0 Å². The van der Waals surface area contributed by atoms with Crippen molar-refractivity contribution in [1.29, 1.82) is 0 Å². The molecule has 0 amide bonds. The van der Waals surface area contributed by atoms with Crippen LogP contribution in [0.15, 0.2) is 48.7 Å². The number of H-pyrrole nitrogens is 1. The van der Waals surface area contributed by atoms with Gasteiger partial charge >= 0.3 is 0 Å². The molecule has 1 atom stereocenters. The van der Waals surface area contributed by atoms with Crippen LogP contribution in [0, 0.1) is 0 Å². The van der Waals surface area contributed by atoms with Crippen molar-refractivity contribution < 1.29 is 4.74 Å². The molecule has 1 fully saturated rings. The Kier molecular flexibility index (Phi) is 6.56. The molecule has 1 aliphatic heterocycles. The molecule has 164 valence electrons. The number of aromatic amines is 1. The molecular formula is C25H33N5O. The lowest BCUT2D eigenvalue weighted by Crippen LogP contribution is -2.22. The third-order valence-corrected chi connectivity index (χ3v) is 5.97. The van der Waals surface area contributed by atoms with E-state index in [0.29, 0.717) is 18.4 Å². The molecule has 1 unspecified atom stereocenters. The molecule has 31 heavy (non-hydrogen) atoms. The highest BCUT2D eigenvalue weighted by Gasteiger charge is 2.26. The number of aromatic nitrogens is 3. The van der Waals surface area contributed by atoms with E-state index in [9.17, 15) is 0 Å². The monoisotopic (exact) mass is 419 g/mol. The first-order chi connectivity index (χ1) is 15.0. The molecule has 1 aliphatic rings. The fraction of sp³-hybridized carbons (Fsp3) is 0.440. The summed E-state index contributed by atoms with van der Waals surface area (Å²) in [5.41, 5.74) is 4.75. The number of rotatable bonds is 8. The summed E-state index contributed by atoms with van der Waals surface area (Å²) < 4.78 is 5.95. The summed E-state index contributed by atoms with van der Waals surface area (Å²) in [5, 5.41) is 7.74. The van der Waals surface area contributed by atoms with Crippen LogP contribution in [0.4, 0.5) is 5.82 Å². The Morgan fingerprint density at radius 3 is 2.74 bits per heavy atom. The number of benzene rings is 1. The minimum Gasteiger partial charge on any atom is -0.487 e. The van der Waals surface area contributed by atoms with Crippen molar-refractivity contribution in [3.63, 3.8) is 0 Å². The minimum atomic E-state index is 0.454. The summed E-state index contributed by atoms with van der Waals surface area (Å²) in [4.78, 5) is 9.11. The highest BCUT2D eigenvalue weighted by atomic mass is 16.5. The van der Waals surface area contributed by atoms with Gasteiger partial charge in [-0.2, -0.15) is 5.10 Å². The maximum atomic E-state index is 5.95. The number of likely N-dealkylation sites (tertiary alicyclic amines) is 1. The smallest absolute Gasteiger partial charge is 0.132 e. The minimum absolute atomic E-state index is 0.454. The first-order valence-corrected chi connectivity index (χ1v) is 11.1. The summed E-state index contributed by atoms with van der Waals surface area (Å²) in [7, 11) is 4.09. The summed E-state index contributed by atoms with van der Waals surface area (Å²) in [6.45, 7) is 7.92. The van der Waals surface area contributed by atoms with Gasteiger partial charge in [0, 0.05) is 44.9 Å². The Morgan fingerprint density at radius 2 is 2.00 bits per heavy atom. The zero-order valence-electron chi connectivity index (χ0n) is 19.0. The topological polar surface area (TPSA) is 57.3 Å². The van der Waals surface area contributed by atoms with Gasteiger partial charge in [0.15, 0.2) is 0 Å². The molecule has 3 aromatic rings. The highest BCUT2D eigenvalue weighted by Crippen LogP contribution is 2.29. The van der Waals surface area contributed by atoms with Gasteiger partial charge < -0.3 is 9.64 Å². The maximum absolute atomic E-state index is 5.95. The van der Waals surface area contributed by atoms with Crippen molar-refractivity contribution in [2.24, 2.45) is 0 Å². The van der Waals surface area contributed by atoms with E-state index in [4.69, 9.17) is 4.74 Å². The van der Waals surface area contributed by atoms with E-state index in [2.05, 4.69) is 63.1 Å². The molecule has 1 N–H and O–H groups in total.